The highest BCUT2D eigenvalue weighted by molar-refractivity contribution is 5.90. The molecule has 1 rings (SSSR count). The molecule has 0 aromatic heterocycles. The SMILES string of the molecule is N#CCCC(=O)Nc1cccc(F)c1. The van der Waals surface area contributed by atoms with Crippen molar-refractivity contribution in [2.24, 2.45) is 0 Å². The van der Waals surface area contributed by atoms with Crippen LogP contribution >= 0.6 is 0 Å². The minimum atomic E-state index is -0.400. The Balaban J connectivity index is 2.53. The first kappa shape index (κ1) is 10.2. The molecule has 0 heterocycles. The van der Waals surface area contributed by atoms with Crippen LogP contribution in [0.1, 0.15) is 12.8 Å². The zero-order valence-electron chi connectivity index (χ0n) is 7.46. The molecular weight excluding hydrogens is 183 g/mol. The van der Waals surface area contributed by atoms with Gasteiger partial charge in [0.05, 0.1) is 6.07 Å². The third-order valence-corrected chi connectivity index (χ3v) is 1.57. The first-order valence-corrected chi connectivity index (χ1v) is 4.15. The number of amides is 1. The van der Waals surface area contributed by atoms with Gasteiger partial charge in [0, 0.05) is 18.5 Å². The second-order valence-electron chi connectivity index (χ2n) is 2.72. The Labute approximate surface area is 81.2 Å². The van der Waals surface area contributed by atoms with Crippen molar-refractivity contribution >= 4 is 11.6 Å². The molecule has 14 heavy (non-hydrogen) atoms. The highest BCUT2D eigenvalue weighted by Gasteiger charge is 2.01. The summed E-state index contributed by atoms with van der Waals surface area (Å²) in [5.41, 5.74) is 0.410. The first-order valence-electron chi connectivity index (χ1n) is 4.15. The maximum absolute atomic E-state index is 12.7. The lowest BCUT2D eigenvalue weighted by atomic mass is 10.3. The van der Waals surface area contributed by atoms with E-state index < -0.39 is 5.82 Å². The predicted molar refractivity (Wildman–Crippen MR) is 49.9 cm³/mol. The Morgan fingerprint density at radius 1 is 1.57 bits per heavy atom. The number of carbonyl (C=O) groups is 1. The van der Waals surface area contributed by atoms with Gasteiger partial charge in [-0.2, -0.15) is 5.26 Å². The van der Waals surface area contributed by atoms with E-state index in [1.54, 1.807) is 6.07 Å². The Morgan fingerprint density at radius 3 is 3.00 bits per heavy atom. The van der Waals surface area contributed by atoms with E-state index in [1.807, 2.05) is 6.07 Å². The van der Waals surface area contributed by atoms with E-state index in [0.717, 1.165) is 0 Å². The van der Waals surface area contributed by atoms with E-state index >= 15 is 0 Å². The Morgan fingerprint density at radius 2 is 2.36 bits per heavy atom. The van der Waals surface area contributed by atoms with Gasteiger partial charge in [0.1, 0.15) is 5.82 Å². The molecule has 1 amide bonds. The van der Waals surface area contributed by atoms with Gasteiger partial charge in [0.15, 0.2) is 0 Å². The van der Waals surface area contributed by atoms with Gasteiger partial charge in [0.2, 0.25) is 5.91 Å². The van der Waals surface area contributed by atoms with Crippen molar-refractivity contribution in [2.75, 3.05) is 5.32 Å². The third-order valence-electron chi connectivity index (χ3n) is 1.57. The van der Waals surface area contributed by atoms with Crippen molar-refractivity contribution in [3.05, 3.63) is 30.1 Å². The Hall–Kier alpha value is -1.89. The van der Waals surface area contributed by atoms with Gasteiger partial charge in [-0.3, -0.25) is 4.79 Å². The van der Waals surface area contributed by atoms with Crippen LogP contribution in [0, 0.1) is 17.1 Å². The monoisotopic (exact) mass is 192 g/mol. The minimum absolute atomic E-state index is 0.132. The quantitative estimate of drug-likeness (QED) is 0.796. The second kappa shape index (κ2) is 4.97. The molecule has 0 unspecified atom stereocenters. The number of carbonyl (C=O) groups excluding carboxylic acids is 1. The highest BCUT2D eigenvalue weighted by atomic mass is 19.1. The Kier molecular flexibility index (Phi) is 3.62. The summed E-state index contributed by atoms with van der Waals surface area (Å²) < 4.78 is 12.7. The summed E-state index contributed by atoms with van der Waals surface area (Å²) in [6, 6.07) is 7.48. The van der Waals surface area contributed by atoms with Crippen LogP contribution < -0.4 is 5.32 Å². The molecule has 0 aliphatic carbocycles. The van der Waals surface area contributed by atoms with E-state index in [2.05, 4.69) is 5.32 Å². The Bertz CT molecular complexity index is 371. The number of anilines is 1. The molecule has 3 nitrogen and oxygen atoms in total. The average molecular weight is 192 g/mol. The predicted octanol–water partition coefficient (Wildman–Crippen LogP) is 2.07. The van der Waals surface area contributed by atoms with Crippen LogP contribution in [0.5, 0.6) is 0 Å². The molecule has 0 spiro atoms. The van der Waals surface area contributed by atoms with E-state index in [4.69, 9.17) is 5.26 Å². The smallest absolute Gasteiger partial charge is 0.225 e. The molecule has 1 aromatic rings. The molecule has 0 atom stereocenters. The summed E-state index contributed by atoms with van der Waals surface area (Å²) in [6.07, 6.45) is 0.300. The normalized spacial score (nSPS) is 9.14. The molecule has 0 aliphatic heterocycles. The third kappa shape index (κ3) is 3.23. The van der Waals surface area contributed by atoms with Crippen molar-refractivity contribution < 1.29 is 9.18 Å². The summed E-state index contributed by atoms with van der Waals surface area (Å²) in [5, 5.41) is 10.7. The highest BCUT2D eigenvalue weighted by Crippen LogP contribution is 2.09. The van der Waals surface area contributed by atoms with Crippen molar-refractivity contribution in [2.45, 2.75) is 12.8 Å². The van der Waals surface area contributed by atoms with Crippen LogP contribution in [0.25, 0.3) is 0 Å². The van der Waals surface area contributed by atoms with Gasteiger partial charge in [-0.15, -0.1) is 0 Å². The summed E-state index contributed by atoms with van der Waals surface area (Å²) in [4.78, 5) is 11.1. The largest absolute Gasteiger partial charge is 0.326 e. The zero-order chi connectivity index (χ0) is 10.4. The lowest BCUT2D eigenvalue weighted by Crippen LogP contribution is -2.10. The van der Waals surface area contributed by atoms with Crippen LogP contribution in [-0.4, -0.2) is 5.91 Å². The van der Waals surface area contributed by atoms with E-state index in [0.29, 0.717) is 5.69 Å². The standard InChI is InChI=1S/C10H9FN2O/c11-8-3-1-4-9(7-8)13-10(14)5-2-6-12/h1,3-4,7H,2,5H2,(H,13,14). The lowest BCUT2D eigenvalue weighted by Gasteiger charge is -2.02. The number of hydrogen-bond acceptors (Lipinski definition) is 2. The van der Waals surface area contributed by atoms with Gasteiger partial charge in [-0.25, -0.2) is 4.39 Å². The van der Waals surface area contributed by atoms with Crippen LogP contribution in [0.4, 0.5) is 10.1 Å². The molecule has 0 saturated heterocycles. The summed E-state index contributed by atoms with van der Waals surface area (Å²) in [6.45, 7) is 0. The van der Waals surface area contributed by atoms with Crippen molar-refractivity contribution in [1.82, 2.24) is 0 Å². The van der Waals surface area contributed by atoms with Crippen LogP contribution in [0.3, 0.4) is 0 Å². The lowest BCUT2D eigenvalue weighted by molar-refractivity contribution is -0.116. The van der Waals surface area contributed by atoms with Crippen LogP contribution in [0.2, 0.25) is 0 Å². The van der Waals surface area contributed by atoms with Crippen LogP contribution in [0.15, 0.2) is 24.3 Å². The van der Waals surface area contributed by atoms with E-state index in [1.165, 1.54) is 18.2 Å². The molecule has 1 N–H and O–H groups in total. The van der Waals surface area contributed by atoms with Gasteiger partial charge in [0.25, 0.3) is 0 Å². The van der Waals surface area contributed by atoms with Crippen molar-refractivity contribution in [1.29, 1.82) is 5.26 Å². The van der Waals surface area contributed by atoms with Crippen molar-refractivity contribution in [3.8, 4) is 6.07 Å². The maximum Gasteiger partial charge on any atom is 0.225 e. The number of nitrogens with one attached hydrogen (secondary N) is 1. The van der Waals surface area contributed by atoms with Crippen LogP contribution in [-0.2, 0) is 4.79 Å². The van der Waals surface area contributed by atoms with Gasteiger partial charge in [-0.1, -0.05) is 6.07 Å². The fraction of sp³-hybridized carbons (Fsp3) is 0.200. The molecule has 4 heteroatoms. The summed E-state index contributed by atoms with van der Waals surface area (Å²) in [7, 11) is 0. The molecule has 0 bridgehead atoms. The summed E-state index contributed by atoms with van der Waals surface area (Å²) in [5.74, 6) is -0.680. The molecule has 72 valence electrons. The number of nitriles is 1. The number of hydrogen-bond donors (Lipinski definition) is 1. The fourth-order valence-electron chi connectivity index (χ4n) is 0.959. The van der Waals surface area contributed by atoms with Gasteiger partial charge >= 0.3 is 0 Å². The van der Waals surface area contributed by atoms with Gasteiger partial charge < -0.3 is 5.32 Å². The first-order chi connectivity index (χ1) is 6.72. The number of benzene rings is 1. The number of halogens is 1. The molecule has 0 fully saturated rings. The topological polar surface area (TPSA) is 52.9 Å². The maximum atomic E-state index is 12.7. The van der Waals surface area contributed by atoms with Crippen molar-refractivity contribution in [3.63, 3.8) is 0 Å². The fourth-order valence-corrected chi connectivity index (χ4v) is 0.959. The molecule has 0 radical (unpaired) electrons. The van der Waals surface area contributed by atoms with E-state index in [9.17, 15) is 9.18 Å². The molecule has 1 aromatic carbocycles. The number of rotatable bonds is 3. The van der Waals surface area contributed by atoms with E-state index in [-0.39, 0.29) is 18.7 Å². The average Bonchev–Trinajstić information content (AvgIpc) is 2.15. The van der Waals surface area contributed by atoms with Gasteiger partial charge in [-0.05, 0) is 18.2 Å². The molecular formula is C10H9FN2O. The summed E-state index contributed by atoms with van der Waals surface area (Å²) >= 11 is 0. The number of nitrogens with zero attached hydrogens (tertiary/aromatic N) is 1. The zero-order valence-corrected chi connectivity index (χ0v) is 7.46. The second-order valence-corrected chi connectivity index (χ2v) is 2.72. The molecule has 0 saturated carbocycles. The molecule has 0 aliphatic rings. The minimum Gasteiger partial charge on any atom is -0.326 e.